The third-order valence-corrected chi connectivity index (χ3v) is 6.46. The highest BCUT2D eigenvalue weighted by Gasteiger charge is 2.43. The maximum Gasteiger partial charge on any atom is -0.0172 e. The van der Waals surface area contributed by atoms with Gasteiger partial charge in [0.15, 0.2) is 0 Å². The number of fused-ring (bicyclic) bond motifs is 3. The van der Waals surface area contributed by atoms with Gasteiger partial charge in [0.1, 0.15) is 0 Å². The Balaban J connectivity index is 1.82. The van der Waals surface area contributed by atoms with Crippen molar-refractivity contribution in [1.82, 2.24) is 0 Å². The first-order valence-electron chi connectivity index (χ1n) is 8.39. The molecule has 102 valence electrons. The van der Waals surface area contributed by atoms with Crippen molar-refractivity contribution in [2.45, 2.75) is 65.7 Å². The molecule has 2 saturated carbocycles. The van der Waals surface area contributed by atoms with Gasteiger partial charge in [-0.05, 0) is 67.6 Å². The average molecular weight is 246 g/mol. The number of hydrogen-bond acceptors (Lipinski definition) is 0. The molecule has 0 aliphatic heterocycles. The first kappa shape index (κ1) is 12.8. The monoisotopic (exact) mass is 246 g/mol. The minimum atomic E-state index is 0.952. The normalized spacial score (nSPS) is 48.1. The second-order valence-electron chi connectivity index (χ2n) is 7.46. The summed E-state index contributed by atoms with van der Waals surface area (Å²) >= 11 is 0. The Kier molecular flexibility index (Phi) is 3.56. The van der Waals surface area contributed by atoms with Crippen LogP contribution in [-0.2, 0) is 0 Å². The fourth-order valence-electron chi connectivity index (χ4n) is 5.49. The summed E-state index contributed by atoms with van der Waals surface area (Å²) in [5.41, 5.74) is 1.86. The number of hydrogen-bond donors (Lipinski definition) is 0. The highest BCUT2D eigenvalue weighted by atomic mass is 14.5. The first-order valence-corrected chi connectivity index (χ1v) is 8.39. The Morgan fingerprint density at radius 1 is 1.06 bits per heavy atom. The van der Waals surface area contributed by atoms with Gasteiger partial charge < -0.3 is 0 Å². The van der Waals surface area contributed by atoms with E-state index in [-0.39, 0.29) is 0 Å². The molecule has 0 heterocycles. The Hall–Kier alpha value is -0.260. The maximum absolute atomic E-state index is 2.67. The summed E-state index contributed by atoms with van der Waals surface area (Å²) in [6.45, 7) is 7.37. The van der Waals surface area contributed by atoms with Gasteiger partial charge in [0, 0.05) is 0 Å². The largest absolute Gasteiger partial charge is 0.0847 e. The molecule has 3 rings (SSSR count). The molecule has 2 fully saturated rings. The lowest BCUT2D eigenvalue weighted by atomic mass is 9.55. The van der Waals surface area contributed by atoms with Crippen LogP contribution in [0.3, 0.4) is 0 Å². The quantitative estimate of drug-likeness (QED) is 0.540. The molecule has 0 bridgehead atoms. The minimum absolute atomic E-state index is 0.952. The van der Waals surface area contributed by atoms with Crippen LogP contribution in [0.2, 0.25) is 0 Å². The molecule has 0 aromatic heterocycles. The summed E-state index contributed by atoms with van der Waals surface area (Å²) in [5, 5.41) is 0. The fourth-order valence-corrected chi connectivity index (χ4v) is 5.49. The van der Waals surface area contributed by atoms with E-state index >= 15 is 0 Å². The van der Waals surface area contributed by atoms with E-state index in [1.807, 2.05) is 5.57 Å². The minimum Gasteiger partial charge on any atom is -0.0847 e. The molecule has 6 atom stereocenters. The fraction of sp³-hybridized carbons (Fsp3) is 0.889. The standard InChI is InChI=1S/C18H30/c1-4-15-13(3)6-9-18-16-8-5-12(2)11-14(16)7-10-17(15)18/h7,12-13,15-18H,4-6,8-11H2,1-3H3. The van der Waals surface area contributed by atoms with E-state index in [0.29, 0.717) is 0 Å². The zero-order valence-electron chi connectivity index (χ0n) is 12.5. The first-order chi connectivity index (χ1) is 8.70. The van der Waals surface area contributed by atoms with Crippen LogP contribution in [0, 0.1) is 35.5 Å². The lowest BCUT2D eigenvalue weighted by Gasteiger charge is -2.50. The molecule has 18 heavy (non-hydrogen) atoms. The molecule has 0 nitrogen and oxygen atoms in total. The highest BCUT2D eigenvalue weighted by Crippen LogP contribution is 2.53. The summed E-state index contributed by atoms with van der Waals surface area (Å²) in [6.07, 6.45) is 12.9. The number of rotatable bonds is 1. The van der Waals surface area contributed by atoms with Crippen molar-refractivity contribution in [3.05, 3.63) is 11.6 Å². The van der Waals surface area contributed by atoms with E-state index in [2.05, 4.69) is 26.8 Å². The van der Waals surface area contributed by atoms with Crippen LogP contribution in [0.5, 0.6) is 0 Å². The molecular formula is C18H30. The summed E-state index contributed by atoms with van der Waals surface area (Å²) in [4.78, 5) is 0. The van der Waals surface area contributed by atoms with Crippen LogP contribution in [-0.4, -0.2) is 0 Å². The molecule has 0 aromatic rings. The lowest BCUT2D eigenvalue weighted by molar-refractivity contribution is 0.0483. The molecule has 0 heteroatoms. The highest BCUT2D eigenvalue weighted by molar-refractivity contribution is 5.17. The van der Waals surface area contributed by atoms with Gasteiger partial charge >= 0.3 is 0 Å². The second kappa shape index (κ2) is 5.02. The van der Waals surface area contributed by atoms with Crippen molar-refractivity contribution in [3.8, 4) is 0 Å². The predicted octanol–water partition coefficient (Wildman–Crippen LogP) is 5.44. The van der Waals surface area contributed by atoms with Gasteiger partial charge in [0.05, 0.1) is 0 Å². The van der Waals surface area contributed by atoms with Crippen molar-refractivity contribution in [1.29, 1.82) is 0 Å². The molecule has 0 spiro atoms. The number of allylic oxidation sites excluding steroid dienone is 2. The van der Waals surface area contributed by atoms with E-state index in [4.69, 9.17) is 0 Å². The van der Waals surface area contributed by atoms with Crippen molar-refractivity contribution >= 4 is 0 Å². The summed E-state index contributed by atoms with van der Waals surface area (Å²) in [7, 11) is 0. The van der Waals surface area contributed by atoms with Crippen LogP contribution in [0.4, 0.5) is 0 Å². The topological polar surface area (TPSA) is 0 Å². The molecule has 0 saturated heterocycles. The van der Waals surface area contributed by atoms with Crippen LogP contribution < -0.4 is 0 Å². The SMILES string of the molecule is CCC1C(C)CCC2C3CCC(C)CC3=CCC12. The van der Waals surface area contributed by atoms with E-state index in [1.54, 1.807) is 0 Å². The molecule has 0 aromatic carbocycles. The van der Waals surface area contributed by atoms with E-state index in [1.165, 1.54) is 44.9 Å². The van der Waals surface area contributed by atoms with Gasteiger partial charge in [-0.25, -0.2) is 0 Å². The smallest absolute Gasteiger partial charge is 0.0172 e. The second-order valence-corrected chi connectivity index (χ2v) is 7.46. The summed E-state index contributed by atoms with van der Waals surface area (Å²) in [6, 6.07) is 0. The van der Waals surface area contributed by atoms with Crippen LogP contribution >= 0.6 is 0 Å². The van der Waals surface area contributed by atoms with Crippen molar-refractivity contribution in [2.24, 2.45) is 35.5 Å². The third-order valence-electron chi connectivity index (χ3n) is 6.46. The van der Waals surface area contributed by atoms with E-state index in [0.717, 1.165) is 35.5 Å². The predicted molar refractivity (Wildman–Crippen MR) is 78.4 cm³/mol. The molecule has 0 radical (unpaired) electrons. The van der Waals surface area contributed by atoms with Gasteiger partial charge in [-0.3, -0.25) is 0 Å². The molecule has 3 aliphatic rings. The Bertz CT molecular complexity index is 327. The third kappa shape index (κ3) is 2.06. The zero-order chi connectivity index (χ0) is 12.7. The molecule has 3 aliphatic carbocycles. The van der Waals surface area contributed by atoms with Gasteiger partial charge in [0.2, 0.25) is 0 Å². The summed E-state index contributed by atoms with van der Waals surface area (Å²) < 4.78 is 0. The molecule has 0 N–H and O–H groups in total. The van der Waals surface area contributed by atoms with E-state index < -0.39 is 0 Å². The van der Waals surface area contributed by atoms with Crippen LogP contribution in [0.25, 0.3) is 0 Å². The Labute approximate surface area is 113 Å². The van der Waals surface area contributed by atoms with Gasteiger partial charge in [-0.1, -0.05) is 45.3 Å². The Morgan fingerprint density at radius 2 is 1.89 bits per heavy atom. The maximum atomic E-state index is 2.67. The molecule has 6 unspecified atom stereocenters. The van der Waals surface area contributed by atoms with Crippen molar-refractivity contribution in [2.75, 3.05) is 0 Å². The van der Waals surface area contributed by atoms with Gasteiger partial charge in [-0.15, -0.1) is 0 Å². The van der Waals surface area contributed by atoms with Crippen molar-refractivity contribution < 1.29 is 0 Å². The summed E-state index contributed by atoms with van der Waals surface area (Å²) in [5.74, 6) is 6.02. The molecule has 0 amide bonds. The van der Waals surface area contributed by atoms with Crippen LogP contribution in [0.1, 0.15) is 65.7 Å². The van der Waals surface area contributed by atoms with Gasteiger partial charge in [0.25, 0.3) is 0 Å². The van der Waals surface area contributed by atoms with Crippen LogP contribution in [0.15, 0.2) is 11.6 Å². The molecular weight excluding hydrogens is 216 g/mol. The van der Waals surface area contributed by atoms with Crippen molar-refractivity contribution in [3.63, 3.8) is 0 Å². The zero-order valence-corrected chi connectivity index (χ0v) is 12.5. The van der Waals surface area contributed by atoms with E-state index in [9.17, 15) is 0 Å². The Morgan fingerprint density at radius 3 is 2.67 bits per heavy atom. The lowest BCUT2D eigenvalue weighted by Crippen LogP contribution is -2.40. The average Bonchev–Trinajstić information content (AvgIpc) is 2.37. The van der Waals surface area contributed by atoms with Gasteiger partial charge in [-0.2, -0.15) is 0 Å².